The fourth-order valence-electron chi connectivity index (χ4n) is 2.75. The van der Waals surface area contributed by atoms with E-state index in [0.29, 0.717) is 15.7 Å². The minimum Gasteiger partial charge on any atom is -0.454 e. The summed E-state index contributed by atoms with van der Waals surface area (Å²) < 4.78 is 4.94. The molecule has 0 bridgehead atoms. The first-order valence-corrected chi connectivity index (χ1v) is 8.93. The van der Waals surface area contributed by atoms with Gasteiger partial charge in [-0.15, -0.1) is 0 Å². The summed E-state index contributed by atoms with van der Waals surface area (Å²) in [5.41, 5.74) is 0.789. The number of amides is 3. The van der Waals surface area contributed by atoms with E-state index in [2.05, 4.69) is 5.32 Å². The highest BCUT2D eigenvalue weighted by Gasteiger charge is 2.41. The van der Waals surface area contributed by atoms with Crippen molar-refractivity contribution in [2.75, 3.05) is 11.9 Å². The summed E-state index contributed by atoms with van der Waals surface area (Å²) in [6.07, 6.45) is 0. The number of ether oxygens (including phenoxy) is 1. The highest BCUT2D eigenvalue weighted by molar-refractivity contribution is 6.35. The average Bonchev–Trinajstić information content (AvgIpc) is 2.89. The highest BCUT2D eigenvalue weighted by Crippen LogP contribution is 2.25. The standard InChI is InChI=1S/C19H14Cl2N2O5/c1-10(23-17(25)14-4-2-3-5-15(14)18(23)26)19(27)28-9-16(24)22-13-7-11(20)6-12(21)8-13/h2-8,10H,9H2,1H3,(H,22,24)/t10-/m1/s1. The number of hydrogen-bond donors (Lipinski definition) is 1. The van der Waals surface area contributed by atoms with Crippen LogP contribution < -0.4 is 5.32 Å². The molecule has 3 rings (SSSR count). The molecule has 2 aromatic carbocycles. The van der Waals surface area contributed by atoms with E-state index in [9.17, 15) is 19.2 Å². The summed E-state index contributed by atoms with van der Waals surface area (Å²) in [7, 11) is 0. The molecule has 1 N–H and O–H groups in total. The topological polar surface area (TPSA) is 92.8 Å². The largest absolute Gasteiger partial charge is 0.454 e. The second-order valence-electron chi connectivity index (χ2n) is 6.02. The molecule has 2 aromatic rings. The molecule has 0 aliphatic carbocycles. The first-order valence-electron chi connectivity index (χ1n) is 8.17. The van der Waals surface area contributed by atoms with E-state index in [1.165, 1.54) is 37.3 Å². The number of anilines is 1. The molecule has 28 heavy (non-hydrogen) atoms. The Labute approximate surface area is 170 Å². The van der Waals surface area contributed by atoms with Crippen LogP contribution in [0.5, 0.6) is 0 Å². The molecule has 0 spiro atoms. The summed E-state index contributed by atoms with van der Waals surface area (Å²) in [6, 6.07) is 9.56. The minimum absolute atomic E-state index is 0.225. The number of halogens is 2. The maximum atomic E-state index is 12.4. The Morgan fingerprint density at radius 3 is 2.11 bits per heavy atom. The van der Waals surface area contributed by atoms with Gasteiger partial charge in [0, 0.05) is 15.7 Å². The lowest BCUT2D eigenvalue weighted by Crippen LogP contribution is -2.44. The van der Waals surface area contributed by atoms with Crippen molar-refractivity contribution in [3.63, 3.8) is 0 Å². The number of hydrogen-bond acceptors (Lipinski definition) is 5. The molecule has 1 aliphatic rings. The van der Waals surface area contributed by atoms with E-state index in [1.807, 2.05) is 0 Å². The molecule has 0 radical (unpaired) electrons. The molecule has 0 saturated heterocycles. The molecule has 0 aromatic heterocycles. The van der Waals surface area contributed by atoms with E-state index in [-0.39, 0.29) is 11.1 Å². The van der Waals surface area contributed by atoms with Gasteiger partial charge in [-0.3, -0.25) is 19.3 Å². The van der Waals surface area contributed by atoms with Crippen molar-refractivity contribution < 1.29 is 23.9 Å². The van der Waals surface area contributed by atoms with Crippen molar-refractivity contribution in [1.82, 2.24) is 4.90 Å². The third-order valence-electron chi connectivity index (χ3n) is 4.05. The molecule has 1 aliphatic heterocycles. The number of imide groups is 1. The fourth-order valence-corrected chi connectivity index (χ4v) is 3.27. The maximum Gasteiger partial charge on any atom is 0.329 e. The lowest BCUT2D eigenvalue weighted by Gasteiger charge is -2.20. The van der Waals surface area contributed by atoms with E-state index in [4.69, 9.17) is 27.9 Å². The van der Waals surface area contributed by atoms with Gasteiger partial charge >= 0.3 is 5.97 Å². The Balaban J connectivity index is 1.60. The first-order chi connectivity index (χ1) is 13.3. The molecule has 1 atom stereocenters. The van der Waals surface area contributed by atoms with Crippen LogP contribution in [0.3, 0.4) is 0 Å². The molecule has 0 fully saturated rings. The van der Waals surface area contributed by atoms with Crippen LogP contribution in [0.4, 0.5) is 5.69 Å². The molecule has 9 heteroatoms. The van der Waals surface area contributed by atoms with Crippen molar-refractivity contribution in [1.29, 1.82) is 0 Å². The minimum atomic E-state index is -1.18. The molecule has 0 saturated carbocycles. The quantitative estimate of drug-likeness (QED) is 0.592. The van der Waals surface area contributed by atoms with Gasteiger partial charge < -0.3 is 10.1 Å². The van der Waals surface area contributed by atoms with Gasteiger partial charge in [-0.05, 0) is 37.3 Å². The Bertz CT molecular complexity index is 937. The molecule has 7 nitrogen and oxygen atoms in total. The number of benzene rings is 2. The number of fused-ring (bicyclic) bond motifs is 1. The Morgan fingerprint density at radius 1 is 1.04 bits per heavy atom. The molecular weight excluding hydrogens is 407 g/mol. The summed E-state index contributed by atoms with van der Waals surface area (Å²) in [5.74, 6) is -2.67. The fraction of sp³-hybridized carbons (Fsp3) is 0.158. The van der Waals surface area contributed by atoms with Crippen LogP contribution in [-0.4, -0.2) is 41.2 Å². The van der Waals surface area contributed by atoms with Gasteiger partial charge in [0.05, 0.1) is 11.1 Å². The van der Waals surface area contributed by atoms with Crippen LogP contribution in [0.15, 0.2) is 42.5 Å². The van der Waals surface area contributed by atoms with Gasteiger partial charge in [-0.2, -0.15) is 0 Å². The SMILES string of the molecule is C[C@H](C(=O)OCC(=O)Nc1cc(Cl)cc(Cl)c1)N1C(=O)c2ccccc2C1=O. The predicted molar refractivity (Wildman–Crippen MR) is 102 cm³/mol. The van der Waals surface area contributed by atoms with Crippen LogP contribution in [0.1, 0.15) is 27.6 Å². The Hall–Kier alpha value is -2.90. The average molecular weight is 421 g/mol. The molecule has 1 heterocycles. The first kappa shape index (κ1) is 19.9. The molecule has 0 unspecified atom stereocenters. The second kappa shape index (κ2) is 8.00. The molecule has 144 valence electrons. The number of nitrogens with zero attached hydrogens (tertiary/aromatic N) is 1. The van der Waals surface area contributed by atoms with Gasteiger partial charge in [0.2, 0.25) is 0 Å². The van der Waals surface area contributed by atoms with Crippen LogP contribution in [0.25, 0.3) is 0 Å². The number of esters is 1. The van der Waals surface area contributed by atoms with Gasteiger partial charge in [-0.1, -0.05) is 35.3 Å². The van der Waals surface area contributed by atoms with Crippen molar-refractivity contribution in [2.24, 2.45) is 0 Å². The lowest BCUT2D eigenvalue weighted by molar-refractivity contribution is -0.150. The number of carbonyl (C=O) groups is 4. The predicted octanol–water partition coefficient (Wildman–Crippen LogP) is 3.16. The van der Waals surface area contributed by atoms with Crippen molar-refractivity contribution in [3.05, 3.63) is 63.6 Å². The zero-order chi connectivity index (χ0) is 20.4. The summed E-state index contributed by atoms with van der Waals surface area (Å²) in [6.45, 7) is 0.759. The maximum absolute atomic E-state index is 12.4. The van der Waals surface area contributed by atoms with E-state index >= 15 is 0 Å². The van der Waals surface area contributed by atoms with Gasteiger partial charge in [-0.25, -0.2) is 4.79 Å². The zero-order valence-electron chi connectivity index (χ0n) is 14.6. The smallest absolute Gasteiger partial charge is 0.329 e. The van der Waals surface area contributed by atoms with Crippen LogP contribution in [0, 0.1) is 0 Å². The van der Waals surface area contributed by atoms with Crippen LogP contribution in [0.2, 0.25) is 10.0 Å². The summed E-state index contributed by atoms with van der Waals surface area (Å²) in [4.78, 5) is 49.8. The third kappa shape index (κ3) is 4.00. The van der Waals surface area contributed by atoms with Gasteiger partial charge in [0.15, 0.2) is 6.61 Å². The highest BCUT2D eigenvalue weighted by atomic mass is 35.5. The normalized spacial score (nSPS) is 13.9. The van der Waals surface area contributed by atoms with Crippen LogP contribution in [-0.2, 0) is 14.3 Å². The zero-order valence-corrected chi connectivity index (χ0v) is 16.1. The van der Waals surface area contributed by atoms with Gasteiger partial charge in [0.25, 0.3) is 17.7 Å². The third-order valence-corrected chi connectivity index (χ3v) is 4.48. The number of nitrogens with one attached hydrogen (secondary N) is 1. The van der Waals surface area contributed by atoms with E-state index in [0.717, 1.165) is 4.90 Å². The van der Waals surface area contributed by atoms with Crippen molar-refractivity contribution in [3.8, 4) is 0 Å². The van der Waals surface area contributed by atoms with Crippen LogP contribution >= 0.6 is 23.2 Å². The lowest BCUT2D eigenvalue weighted by atomic mass is 10.1. The summed E-state index contributed by atoms with van der Waals surface area (Å²) >= 11 is 11.7. The summed E-state index contributed by atoms with van der Waals surface area (Å²) in [5, 5.41) is 3.15. The van der Waals surface area contributed by atoms with E-state index in [1.54, 1.807) is 12.1 Å². The Morgan fingerprint density at radius 2 is 1.57 bits per heavy atom. The number of rotatable bonds is 5. The number of carbonyl (C=O) groups excluding carboxylic acids is 4. The molecule has 3 amide bonds. The monoisotopic (exact) mass is 420 g/mol. The van der Waals surface area contributed by atoms with E-state index < -0.39 is 36.3 Å². The Kier molecular flexibility index (Phi) is 5.67. The second-order valence-corrected chi connectivity index (χ2v) is 6.89. The van der Waals surface area contributed by atoms with Crippen molar-refractivity contribution >= 4 is 52.6 Å². The molecular formula is C19H14Cl2N2O5. The van der Waals surface area contributed by atoms with Gasteiger partial charge in [0.1, 0.15) is 6.04 Å². The van der Waals surface area contributed by atoms with Crippen molar-refractivity contribution in [2.45, 2.75) is 13.0 Å².